The number of nitrogens with one attached hydrogen (secondary N) is 2. The largest absolute Gasteiger partial charge is 0.357 e. The minimum atomic E-state index is 0.340. The molecule has 0 aromatic carbocycles. The van der Waals surface area contributed by atoms with Crippen LogP contribution in [-0.4, -0.2) is 42.1 Å². The lowest BCUT2D eigenvalue weighted by molar-refractivity contribution is 0.537. The second kappa shape index (κ2) is 6.37. The van der Waals surface area contributed by atoms with E-state index < -0.39 is 0 Å². The Labute approximate surface area is 109 Å². The van der Waals surface area contributed by atoms with Crippen molar-refractivity contribution in [1.82, 2.24) is 15.0 Å². The van der Waals surface area contributed by atoms with Crippen LogP contribution in [-0.2, 0) is 0 Å². The van der Waals surface area contributed by atoms with Gasteiger partial charge in [0.1, 0.15) is 0 Å². The first-order valence-corrected chi connectivity index (χ1v) is 6.30. The first kappa shape index (κ1) is 14.5. The van der Waals surface area contributed by atoms with Gasteiger partial charge >= 0.3 is 0 Å². The van der Waals surface area contributed by atoms with Gasteiger partial charge in [0.15, 0.2) is 0 Å². The Hall–Kier alpha value is -1.59. The van der Waals surface area contributed by atoms with E-state index in [-0.39, 0.29) is 0 Å². The lowest BCUT2D eigenvalue weighted by Crippen LogP contribution is -2.21. The summed E-state index contributed by atoms with van der Waals surface area (Å²) in [6.45, 7) is 6.55. The number of aromatic nitrogens is 3. The minimum absolute atomic E-state index is 0.340. The summed E-state index contributed by atoms with van der Waals surface area (Å²) in [5, 5.41) is 6.26. The van der Waals surface area contributed by atoms with Crippen LogP contribution in [0.15, 0.2) is 0 Å². The van der Waals surface area contributed by atoms with Gasteiger partial charge < -0.3 is 15.5 Å². The molecule has 18 heavy (non-hydrogen) atoms. The summed E-state index contributed by atoms with van der Waals surface area (Å²) in [4.78, 5) is 14.8. The monoisotopic (exact) mass is 252 g/mol. The van der Waals surface area contributed by atoms with Gasteiger partial charge in [-0.05, 0) is 19.3 Å². The van der Waals surface area contributed by atoms with Crippen molar-refractivity contribution in [1.29, 1.82) is 0 Å². The highest BCUT2D eigenvalue weighted by molar-refractivity contribution is 5.42. The number of hydrogen-bond donors (Lipinski definition) is 2. The second-order valence-corrected chi connectivity index (χ2v) is 5.10. The number of hydrogen-bond acceptors (Lipinski definition) is 6. The molecule has 1 heterocycles. The van der Waals surface area contributed by atoms with Gasteiger partial charge in [-0.2, -0.15) is 15.0 Å². The van der Waals surface area contributed by atoms with Crippen molar-refractivity contribution in [3.05, 3.63) is 0 Å². The summed E-state index contributed by atoms with van der Waals surface area (Å²) >= 11 is 0. The van der Waals surface area contributed by atoms with E-state index in [4.69, 9.17) is 0 Å². The molecule has 0 aliphatic rings. The SMILES string of the molecule is CNc1nc(NC(C)CC(C)C)nc(N(C)C)n1. The zero-order valence-corrected chi connectivity index (χ0v) is 12.2. The molecule has 0 aliphatic heterocycles. The van der Waals surface area contributed by atoms with E-state index in [0.717, 1.165) is 6.42 Å². The summed E-state index contributed by atoms with van der Waals surface area (Å²) in [5.74, 6) is 2.49. The van der Waals surface area contributed by atoms with Crippen LogP contribution in [0, 0.1) is 5.92 Å². The van der Waals surface area contributed by atoms with Crippen LogP contribution in [0.25, 0.3) is 0 Å². The number of rotatable bonds is 6. The first-order valence-electron chi connectivity index (χ1n) is 6.30. The maximum Gasteiger partial charge on any atom is 0.231 e. The molecule has 1 atom stereocenters. The zero-order valence-electron chi connectivity index (χ0n) is 12.2. The predicted molar refractivity (Wildman–Crippen MR) is 76.2 cm³/mol. The summed E-state index contributed by atoms with van der Waals surface area (Å²) in [7, 11) is 5.63. The van der Waals surface area contributed by atoms with Gasteiger partial charge in [0.2, 0.25) is 17.8 Å². The zero-order chi connectivity index (χ0) is 13.7. The van der Waals surface area contributed by atoms with E-state index in [0.29, 0.717) is 29.8 Å². The van der Waals surface area contributed by atoms with Crippen molar-refractivity contribution in [2.24, 2.45) is 5.92 Å². The third-order valence-corrected chi connectivity index (χ3v) is 2.45. The van der Waals surface area contributed by atoms with E-state index in [1.165, 1.54) is 0 Å². The number of nitrogens with zero attached hydrogens (tertiary/aromatic N) is 4. The third-order valence-electron chi connectivity index (χ3n) is 2.45. The quantitative estimate of drug-likeness (QED) is 0.805. The molecule has 6 heteroatoms. The molecule has 0 saturated carbocycles. The van der Waals surface area contributed by atoms with Crippen LogP contribution < -0.4 is 15.5 Å². The van der Waals surface area contributed by atoms with Gasteiger partial charge in [-0.25, -0.2) is 0 Å². The van der Waals surface area contributed by atoms with E-state index in [1.54, 1.807) is 7.05 Å². The smallest absolute Gasteiger partial charge is 0.231 e. The van der Waals surface area contributed by atoms with Gasteiger partial charge in [0, 0.05) is 27.2 Å². The third kappa shape index (κ3) is 4.35. The molecule has 6 nitrogen and oxygen atoms in total. The molecular formula is C12H24N6. The molecule has 1 aromatic rings. The number of anilines is 3. The highest BCUT2D eigenvalue weighted by Crippen LogP contribution is 2.14. The molecule has 0 saturated heterocycles. The van der Waals surface area contributed by atoms with E-state index in [1.807, 2.05) is 19.0 Å². The van der Waals surface area contributed by atoms with Crippen LogP contribution in [0.1, 0.15) is 27.2 Å². The lowest BCUT2D eigenvalue weighted by Gasteiger charge is -2.18. The first-order chi connectivity index (χ1) is 8.42. The summed E-state index contributed by atoms with van der Waals surface area (Å²) in [6.07, 6.45) is 1.08. The van der Waals surface area contributed by atoms with Crippen LogP contribution in [0.2, 0.25) is 0 Å². The van der Waals surface area contributed by atoms with E-state index in [2.05, 4.69) is 46.4 Å². The Morgan fingerprint density at radius 2 is 1.67 bits per heavy atom. The average Bonchev–Trinajstić information content (AvgIpc) is 2.27. The molecule has 0 radical (unpaired) electrons. The minimum Gasteiger partial charge on any atom is -0.357 e. The van der Waals surface area contributed by atoms with Crippen molar-refractivity contribution in [3.63, 3.8) is 0 Å². The van der Waals surface area contributed by atoms with Gasteiger partial charge in [-0.15, -0.1) is 0 Å². The van der Waals surface area contributed by atoms with E-state index >= 15 is 0 Å². The van der Waals surface area contributed by atoms with Crippen molar-refractivity contribution in [3.8, 4) is 0 Å². The predicted octanol–water partition coefficient (Wildman–Crippen LogP) is 1.83. The Bertz CT molecular complexity index is 377. The van der Waals surface area contributed by atoms with Crippen molar-refractivity contribution in [2.75, 3.05) is 36.7 Å². The fourth-order valence-electron chi connectivity index (χ4n) is 1.73. The fraction of sp³-hybridized carbons (Fsp3) is 0.750. The van der Waals surface area contributed by atoms with Crippen molar-refractivity contribution in [2.45, 2.75) is 33.2 Å². The molecule has 0 amide bonds. The molecule has 0 spiro atoms. The standard InChI is InChI=1S/C12H24N6/c1-8(2)7-9(3)14-11-15-10(13-4)16-12(17-11)18(5)6/h8-9H,7H2,1-6H3,(H2,13,14,15,16,17). The second-order valence-electron chi connectivity index (χ2n) is 5.10. The lowest BCUT2D eigenvalue weighted by atomic mass is 10.1. The highest BCUT2D eigenvalue weighted by Gasteiger charge is 2.10. The normalized spacial score (nSPS) is 12.4. The van der Waals surface area contributed by atoms with Gasteiger partial charge in [-0.3, -0.25) is 0 Å². The Kier molecular flexibility index (Phi) is 5.12. The summed E-state index contributed by atoms with van der Waals surface area (Å²) in [6, 6.07) is 0.340. The Morgan fingerprint density at radius 1 is 1.06 bits per heavy atom. The molecule has 0 bridgehead atoms. The summed E-state index contributed by atoms with van der Waals surface area (Å²) < 4.78 is 0. The molecule has 1 aromatic heterocycles. The molecule has 0 fully saturated rings. The Balaban J connectivity index is 2.84. The van der Waals surface area contributed by atoms with Crippen LogP contribution in [0.5, 0.6) is 0 Å². The van der Waals surface area contributed by atoms with Crippen LogP contribution in [0.4, 0.5) is 17.8 Å². The molecule has 1 rings (SSSR count). The molecule has 2 N–H and O–H groups in total. The average molecular weight is 252 g/mol. The van der Waals surface area contributed by atoms with Crippen LogP contribution >= 0.6 is 0 Å². The molecule has 0 aliphatic carbocycles. The highest BCUT2D eigenvalue weighted by atomic mass is 15.3. The molecule has 1 unspecified atom stereocenters. The Morgan fingerprint density at radius 3 is 2.17 bits per heavy atom. The van der Waals surface area contributed by atoms with E-state index in [9.17, 15) is 0 Å². The summed E-state index contributed by atoms with van der Waals surface area (Å²) in [5.41, 5.74) is 0. The topological polar surface area (TPSA) is 66.0 Å². The van der Waals surface area contributed by atoms with Crippen molar-refractivity contribution < 1.29 is 0 Å². The maximum absolute atomic E-state index is 4.38. The van der Waals surface area contributed by atoms with Gasteiger partial charge in [0.05, 0.1) is 0 Å². The maximum atomic E-state index is 4.38. The fourth-order valence-corrected chi connectivity index (χ4v) is 1.73. The molecular weight excluding hydrogens is 228 g/mol. The molecule has 102 valence electrons. The van der Waals surface area contributed by atoms with Gasteiger partial charge in [0.25, 0.3) is 0 Å². The van der Waals surface area contributed by atoms with Gasteiger partial charge in [-0.1, -0.05) is 13.8 Å². The van der Waals surface area contributed by atoms with Crippen LogP contribution in [0.3, 0.4) is 0 Å². The van der Waals surface area contributed by atoms with Crippen molar-refractivity contribution >= 4 is 17.8 Å².